The van der Waals surface area contributed by atoms with Crippen molar-refractivity contribution < 1.29 is 4.39 Å². The molecule has 0 spiro atoms. The van der Waals surface area contributed by atoms with Crippen molar-refractivity contribution in [3.05, 3.63) is 107 Å². The van der Waals surface area contributed by atoms with Crippen molar-refractivity contribution in [3.63, 3.8) is 0 Å². The van der Waals surface area contributed by atoms with Gasteiger partial charge in [-0.2, -0.15) is 11.8 Å². The predicted octanol–water partition coefficient (Wildman–Crippen LogP) is 7.52. The second-order valence-electron chi connectivity index (χ2n) is 6.56. The van der Waals surface area contributed by atoms with Crippen molar-refractivity contribution in [3.8, 4) is 11.4 Å². The van der Waals surface area contributed by atoms with Gasteiger partial charge in [-0.25, -0.2) is 14.4 Å². The van der Waals surface area contributed by atoms with Crippen LogP contribution in [0.15, 0.2) is 94.9 Å². The topological polar surface area (TPSA) is 25.8 Å². The van der Waals surface area contributed by atoms with Crippen molar-refractivity contribution in [1.82, 2.24) is 9.97 Å². The van der Waals surface area contributed by atoms with E-state index in [1.54, 1.807) is 23.9 Å². The molecule has 0 saturated carbocycles. The molecule has 0 amide bonds. The smallest absolute Gasteiger partial charge is 0.160 e. The van der Waals surface area contributed by atoms with Crippen LogP contribution in [0, 0.1) is 5.82 Å². The van der Waals surface area contributed by atoms with Crippen LogP contribution in [-0.4, -0.2) is 9.97 Å². The van der Waals surface area contributed by atoms with Gasteiger partial charge in [0, 0.05) is 27.0 Å². The van der Waals surface area contributed by atoms with Crippen LogP contribution in [0.5, 0.6) is 0 Å². The Morgan fingerprint density at radius 1 is 0.800 bits per heavy atom. The number of rotatable bonds is 7. The van der Waals surface area contributed by atoms with Gasteiger partial charge in [-0.15, -0.1) is 0 Å². The van der Waals surface area contributed by atoms with Crippen molar-refractivity contribution >= 4 is 35.1 Å². The van der Waals surface area contributed by atoms with E-state index in [1.807, 2.05) is 60.7 Å². The zero-order valence-electron chi connectivity index (χ0n) is 16.0. The highest BCUT2D eigenvalue weighted by Gasteiger charge is 2.09. The lowest BCUT2D eigenvalue weighted by Gasteiger charge is -2.09. The van der Waals surface area contributed by atoms with Gasteiger partial charge in [0.1, 0.15) is 10.8 Å². The first-order valence-electron chi connectivity index (χ1n) is 9.35. The van der Waals surface area contributed by atoms with E-state index in [4.69, 9.17) is 21.6 Å². The molecule has 2 nitrogen and oxygen atoms in total. The first-order valence-corrected chi connectivity index (χ1v) is 11.7. The molecule has 0 aliphatic heterocycles. The predicted molar refractivity (Wildman–Crippen MR) is 124 cm³/mol. The second-order valence-corrected chi connectivity index (χ2v) is 9.08. The third-order valence-electron chi connectivity index (χ3n) is 4.26. The van der Waals surface area contributed by atoms with Crippen molar-refractivity contribution in [2.45, 2.75) is 21.4 Å². The first kappa shape index (κ1) is 20.9. The van der Waals surface area contributed by atoms with E-state index in [0.717, 1.165) is 37.7 Å². The molecule has 0 N–H and O–H groups in total. The fourth-order valence-electron chi connectivity index (χ4n) is 2.79. The monoisotopic (exact) mass is 452 g/mol. The normalized spacial score (nSPS) is 10.9. The van der Waals surface area contributed by atoms with Crippen LogP contribution in [0.2, 0.25) is 5.02 Å². The van der Waals surface area contributed by atoms with E-state index >= 15 is 0 Å². The fraction of sp³-hybridized carbons (Fsp3) is 0.0833. The Kier molecular flexibility index (Phi) is 7.05. The Labute approximate surface area is 188 Å². The molecule has 4 aromatic rings. The van der Waals surface area contributed by atoms with Crippen LogP contribution < -0.4 is 0 Å². The van der Waals surface area contributed by atoms with Crippen LogP contribution in [0.1, 0.15) is 11.3 Å². The fourth-order valence-corrected chi connectivity index (χ4v) is 4.65. The summed E-state index contributed by atoms with van der Waals surface area (Å²) in [5.41, 5.74) is 3.16. The van der Waals surface area contributed by atoms with Crippen LogP contribution in [0.25, 0.3) is 11.4 Å². The maximum Gasteiger partial charge on any atom is 0.160 e. The van der Waals surface area contributed by atoms with E-state index in [9.17, 15) is 4.39 Å². The third kappa shape index (κ3) is 5.85. The van der Waals surface area contributed by atoms with Gasteiger partial charge < -0.3 is 0 Å². The number of hydrogen-bond donors (Lipinski definition) is 0. The number of aromatic nitrogens is 2. The second kappa shape index (κ2) is 10.1. The maximum atomic E-state index is 13.2. The summed E-state index contributed by atoms with van der Waals surface area (Å²) in [7, 11) is 0. The minimum Gasteiger partial charge on any atom is -0.232 e. The standard InChI is InChI=1S/C24H18ClFN2S2/c25-19-8-6-17(7-9-19)15-29-16-21-14-23(30-22-12-10-20(26)11-13-22)28-24(27-21)18-4-2-1-3-5-18/h1-14H,15-16H2. The molecule has 0 saturated heterocycles. The summed E-state index contributed by atoms with van der Waals surface area (Å²) >= 11 is 9.27. The Morgan fingerprint density at radius 3 is 2.27 bits per heavy atom. The SMILES string of the molecule is Fc1ccc(Sc2cc(CSCc3ccc(Cl)cc3)nc(-c3ccccc3)n2)cc1. The lowest BCUT2D eigenvalue weighted by atomic mass is 10.2. The number of nitrogens with zero attached hydrogens (tertiary/aromatic N) is 2. The minimum atomic E-state index is -0.244. The van der Waals surface area contributed by atoms with Gasteiger partial charge in [-0.1, -0.05) is 65.8 Å². The molecule has 1 aromatic heterocycles. The highest BCUT2D eigenvalue weighted by Crippen LogP contribution is 2.30. The largest absolute Gasteiger partial charge is 0.232 e. The molecule has 0 unspecified atom stereocenters. The molecular formula is C24H18ClFN2S2. The van der Waals surface area contributed by atoms with Crippen molar-refractivity contribution in [2.75, 3.05) is 0 Å². The summed E-state index contributed by atoms with van der Waals surface area (Å²) in [6.45, 7) is 0. The van der Waals surface area contributed by atoms with Gasteiger partial charge in [0.2, 0.25) is 0 Å². The van der Waals surface area contributed by atoms with Gasteiger partial charge in [0.25, 0.3) is 0 Å². The van der Waals surface area contributed by atoms with Gasteiger partial charge in [0.05, 0.1) is 5.69 Å². The summed E-state index contributed by atoms with van der Waals surface area (Å²) in [6, 6.07) is 26.3. The summed E-state index contributed by atoms with van der Waals surface area (Å²) in [4.78, 5) is 10.4. The Bertz CT molecular complexity index is 1100. The number of hydrogen-bond acceptors (Lipinski definition) is 4. The highest BCUT2D eigenvalue weighted by atomic mass is 35.5. The molecule has 0 fully saturated rings. The zero-order chi connectivity index (χ0) is 20.8. The van der Waals surface area contributed by atoms with Crippen LogP contribution >= 0.6 is 35.1 Å². The molecule has 1 heterocycles. The Morgan fingerprint density at radius 2 is 1.53 bits per heavy atom. The Hall–Kier alpha value is -2.34. The zero-order valence-corrected chi connectivity index (χ0v) is 18.4. The third-order valence-corrected chi connectivity index (χ3v) is 6.47. The van der Waals surface area contributed by atoms with Crippen LogP contribution in [-0.2, 0) is 11.5 Å². The maximum absolute atomic E-state index is 13.2. The molecule has 4 rings (SSSR count). The molecule has 30 heavy (non-hydrogen) atoms. The van der Waals surface area contributed by atoms with E-state index in [1.165, 1.54) is 29.5 Å². The van der Waals surface area contributed by atoms with E-state index in [-0.39, 0.29) is 5.82 Å². The quantitative estimate of drug-likeness (QED) is 0.271. The van der Waals surface area contributed by atoms with E-state index in [0.29, 0.717) is 5.82 Å². The summed E-state index contributed by atoms with van der Waals surface area (Å²) in [5.74, 6) is 2.10. The molecule has 0 radical (unpaired) electrons. The average Bonchev–Trinajstić information content (AvgIpc) is 2.77. The first-order chi connectivity index (χ1) is 14.7. The van der Waals surface area contributed by atoms with Crippen molar-refractivity contribution in [1.29, 1.82) is 0 Å². The molecule has 0 aliphatic carbocycles. The molecular weight excluding hydrogens is 435 g/mol. The number of benzene rings is 3. The minimum absolute atomic E-state index is 0.244. The average molecular weight is 453 g/mol. The molecule has 0 atom stereocenters. The van der Waals surface area contributed by atoms with E-state index < -0.39 is 0 Å². The molecule has 150 valence electrons. The molecule has 0 aliphatic rings. The molecule has 0 bridgehead atoms. The van der Waals surface area contributed by atoms with Gasteiger partial charge in [-0.05, 0) is 48.0 Å². The lowest BCUT2D eigenvalue weighted by molar-refractivity contribution is 0.626. The van der Waals surface area contributed by atoms with Gasteiger partial charge in [0.15, 0.2) is 5.82 Å². The Balaban J connectivity index is 1.55. The lowest BCUT2D eigenvalue weighted by Crippen LogP contribution is -1.97. The van der Waals surface area contributed by atoms with Gasteiger partial charge >= 0.3 is 0 Å². The summed E-state index contributed by atoms with van der Waals surface area (Å²) < 4.78 is 13.2. The number of halogens is 2. The molecule has 3 aromatic carbocycles. The summed E-state index contributed by atoms with van der Waals surface area (Å²) in [6.07, 6.45) is 0. The summed E-state index contributed by atoms with van der Waals surface area (Å²) in [5, 5.41) is 1.59. The van der Waals surface area contributed by atoms with E-state index in [2.05, 4.69) is 0 Å². The molecule has 6 heteroatoms. The van der Waals surface area contributed by atoms with Crippen LogP contribution in [0.4, 0.5) is 4.39 Å². The van der Waals surface area contributed by atoms with Crippen LogP contribution in [0.3, 0.4) is 0 Å². The van der Waals surface area contributed by atoms with Gasteiger partial charge in [-0.3, -0.25) is 0 Å². The number of thioether (sulfide) groups is 1. The highest BCUT2D eigenvalue weighted by molar-refractivity contribution is 7.99. The van der Waals surface area contributed by atoms with Crippen molar-refractivity contribution in [2.24, 2.45) is 0 Å².